The highest BCUT2D eigenvalue weighted by atomic mass is 16.6. The molecule has 11 heteroatoms. The van der Waals surface area contributed by atoms with Gasteiger partial charge < -0.3 is 4.57 Å². The van der Waals surface area contributed by atoms with E-state index >= 15 is 0 Å². The van der Waals surface area contributed by atoms with Crippen molar-refractivity contribution in [2.45, 2.75) is 19.9 Å². The Hall–Kier alpha value is -3.76. The summed E-state index contributed by atoms with van der Waals surface area (Å²) >= 11 is 0. The Kier molecular flexibility index (Phi) is 5.07. The highest BCUT2D eigenvalue weighted by Crippen LogP contribution is 2.16. The first-order valence-electron chi connectivity index (χ1n) is 8.55. The molecule has 1 aromatic carbocycles. The second-order valence-corrected chi connectivity index (χ2v) is 6.19. The number of nitro benzene ring substituents is 1. The summed E-state index contributed by atoms with van der Waals surface area (Å²) in [5, 5.41) is 14.9. The van der Waals surface area contributed by atoms with E-state index in [1.807, 2.05) is 6.92 Å². The molecular weight excluding hydrogens is 366 g/mol. The zero-order chi connectivity index (χ0) is 20.4. The zero-order valence-electron chi connectivity index (χ0n) is 15.6. The predicted molar refractivity (Wildman–Crippen MR) is 105 cm³/mol. The third kappa shape index (κ3) is 3.29. The average molecular weight is 385 g/mol. The van der Waals surface area contributed by atoms with Gasteiger partial charge in [0.2, 0.25) is 5.95 Å². The number of fused-ring (bicyclic) bond motifs is 1. The van der Waals surface area contributed by atoms with Crippen molar-refractivity contribution in [2.75, 3.05) is 5.43 Å². The first kappa shape index (κ1) is 19.0. The van der Waals surface area contributed by atoms with Crippen LogP contribution in [0.5, 0.6) is 0 Å². The molecule has 0 spiro atoms. The number of aryl methyl sites for hydroxylation is 2. The Morgan fingerprint density at radius 2 is 2.04 bits per heavy atom. The molecule has 0 atom stereocenters. The molecule has 0 amide bonds. The molecule has 2 heterocycles. The molecule has 0 radical (unpaired) electrons. The van der Waals surface area contributed by atoms with E-state index < -0.39 is 16.2 Å². The number of imidazole rings is 1. The fraction of sp³-hybridized carbons (Fsp3) is 0.294. The number of anilines is 1. The number of nitrogens with zero attached hydrogens (tertiary/aromatic N) is 6. The van der Waals surface area contributed by atoms with Crippen LogP contribution in [0.1, 0.15) is 18.9 Å². The summed E-state index contributed by atoms with van der Waals surface area (Å²) < 4.78 is 4.01. The van der Waals surface area contributed by atoms with Crippen LogP contribution in [0.4, 0.5) is 11.6 Å². The van der Waals surface area contributed by atoms with Gasteiger partial charge in [-0.2, -0.15) is 10.1 Å². The lowest BCUT2D eigenvalue weighted by molar-refractivity contribution is -0.384. The van der Waals surface area contributed by atoms with Crippen LogP contribution < -0.4 is 16.7 Å². The molecule has 0 aliphatic carbocycles. The lowest BCUT2D eigenvalue weighted by Crippen LogP contribution is -2.37. The van der Waals surface area contributed by atoms with Crippen LogP contribution in [-0.2, 0) is 20.6 Å². The molecule has 3 aromatic rings. The van der Waals surface area contributed by atoms with Crippen LogP contribution >= 0.6 is 0 Å². The van der Waals surface area contributed by atoms with Gasteiger partial charge in [0.1, 0.15) is 0 Å². The van der Waals surface area contributed by atoms with E-state index in [4.69, 9.17) is 0 Å². The van der Waals surface area contributed by atoms with E-state index in [2.05, 4.69) is 15.5 Å². The lowest BCUT2D eigenvalue weighted by atomic mass is 10.2. The second kappa shape index (κ2) is 7.47. The van der Waals surface area contributed by atoms with E-state index in [0.29, 0.717) is 23.6 Å². The molecule has 0 unspecified atom stereocenters. The smallest absolute Gasteiger partial charge is 0.303 e. The van der Waals surface area contributed by atoms with Gasteiger partial charge in [0.25, 0.3) is 11.2 Å². The van der Waals surface area contributed by atoms with Gasteiger partial charge >= 0.3 is 5.69 Å². The number of nitrogens with one attached hydrogen (secondary N) is 1. The first-order valence-corrected chi connectivity index (χ1v) is 8.55. The monoisotopic (exact) mass is 385 g/mol. The lowest BCUT2D eigenvalue weighted by Gasteiger charge is -2.07. The highest BCUT2D eigenvalue weighted by Gasteiger charge is 2.18. The van der Waals surface area contributed by atoms with Gasteiger partial charge in [-0.1, -0.05) is 19.1 Å². The van der Waals surface area contributed by atoms with Gasteiger partial charge in [0.15, 0.2) is 11.2 Å². The third-order valence-electron chi connectivity index (χ3n) is 4.25. The number of non-ortho nitro benzene ring substituents is 1. The van der Waals surface area contributed by atoms with Crippen molar-refractivity contribution in [3.05, 3.63) is 60.8 Å². The molecule has 28 heavy (non-hydrogen) atoms. The largest absolute Gasteiger partial charge is 0.332 e. The van der Waals surface area contributed by atoms with E-state index in [0.717, 1.165) is 11.0 Å². The molecule has 0 bridgehead atoms. The standard InChI is InChI=1S/C17H19N7O4/c1-4-8-23-13-14(21(2)17(26)22(3)15(13)25)19-16(23)20-18-10-11-6-5-7-12(9-11)24(27)28/h5-7,9-10H,4,8H2,1-3H3,(H,19,20). The third-order valence-corrected chi connectivity index (χ3v) is 4.25. The van der Waals surface area contributed by atoms with E-state index in [1.165, 1.54) is 30.0 Å². The highest BCUT2D eigenvalue weighted by molar-refractivity contribution is 5.81. The van der Waals surface area contributed by atoms with Gasteiger partial charge in [-0.15, -0.1) is 0 Å². The van der Waals surface area contributed by atoms with Crippen molar-refractivity contribution >= 4 is 29.0 Å². The number of hydrazone groups is 1. The molecule has 0 saturated heterocycles. The van der Waals surface area contributed by atoms with Crippen molar-refractivity contribution in [3.63, 3.8) is 0 Å². The number of benzene rings is 1. The van der Waals surface area contributed by atoms with Crippen molar-refractivity contribution in [1.29, 1.82) is 0 Å². The Bertz CT molecular complexity index is 1200. The van der Waals surface area contributed by atoms with Crippen LogP contribution in [0.25, 0.3) is 11.2 Å². The summed E-state index contributed by atoms with van der Waals surface area (Å²) in [5.41, 5.74) is 2.92. The van der Waals surface area contributed by atoms with E-state index in [-0.39, 0.29) is 11.3 Å². The van der Waals surface area contributed by atoms with Gasteiger partial charge in [-0.25, -0.2) is 10.2 Å². The summed E-state index contributed by atoms with van der Waals surface area (Å²) in [6.45, 7) is 2.45. The molecule has 2 aromatic heterocycles. The molecule has 1 N–H and O–H groups in total. The normalized spacial score (nSPS) is 11.4. The number of nitro groups is 1. The van der Waals surface area contributed by atoms with Crippen LogP contribution in [0.3, 0.4) is 0 Å². The minimum atomic E-state index is -0.484. The van der Waals surface area contributed by atoms with Crippen LogP contribution in [-0.4, -0.2) is 29.8 Å². The zero-order valence-corrected chi connectivity index (χ0v) is 15.6. The molecule has 0 fully saturated rings. The van der Waals surface area contributed by atoms with Crippen molar-refractivity contribution < 1.29 is 4.92 Å². The maximum absolute atomic E-state index is 12.6. The molecule has 0 aliphatic rings. The number of rotatable bonds is 6. The summed E-state index contributed by atoms with van der Waals surface area (Å²) in [5.74, 6) is 0.303. The first-order chi connectivity index (χ1) is 13.3. The summed E-state index contributed by atoms with van der Waals surface area (Å²) in [7, 11) is 2.96. The molecule has 11 nitrogen and oxygen atoms in total. The molecule has 3 rings (SSSR count). The summed E-state index contributed by atoms with van der Waals surface area (Å²) in [6, 6.07) is 6.01. The molecule has 146 valence electrons. The Morgan fingerprint density at radius 1 is 1.29 bits per heavy atom. The average Bonchev–Trinajstić information content (AvgIpc) is 3.04. The maximum atomic E-state index is 12.6. The van der Waals surface area contributed by atoms with Crippen LogP contribution in [0.2, 0.25) is 0 Å². The fourth-order valence-electron chi connectivity index (χ4n) is 2.86. The summed E-state index contributed by atoms with van der Waals surface area (Å²) in [6.07, 6.45) is 2.15. The van der Waals surface area contributed by atoms with Crippen molar-refractivity contribution in [3.8, 4) is 0 Å². The van der Waals surface area contributed by atoms with Gasteiger partial charge in [-0.3, -0.25) is 24.0 Å². The molecular formula is C17H19N7O4. The van der Waals surface area contributed by atoms with E-state index in [9.17, 15) is 19.7 Å². The Labute approximate surface area is 158 Å². The maximum Gasteiger partial charge on any atom is 0.332 e. The number of hydrogen-bond donors (Lipinski definition) is 1. The topological polar surface area (TPSA) is 129 Å². The van der Waals surface area contributed by atoms with Crippen LogP contribution in [0.15, 0.2) is 39.0 Å². The minimum Gasteiger partial charge on any atom is -0.303 e. The van der Waals surface area contributed by atoms with Crippen molar-refractivity contribution in [1.82, 2.24) is 18.7 Å². The predicted octanol–water partition coefficient (Wildman–Crippen LogP) is 1.20. The van der Waals surface area contributed by atoms with Gasteiger partial charge in [0, 0.05) is 38.3 Å². The van der Waals surface area contributed by atoms with Gasteiger partial charge in [0.05, 0.1) is 11.1 Å². The Balaban J connectivity index is 2.02. The SMILES string of the molecule is CCCn1c(NN=Cc2cccc([N+](=O)[O-])c2)nc2c1c(=O)n(C)c(=O)n2C. The fourth-order valence-corrected chi connectivity index (χ4v) is 2.86. The number of hydrogen-bond acceptors (Lipinski definition) is 7. The second-order valence-electron chi connectivity index (χ2n) is 6.19. The van der Waals surface area contributed by atoms with E-state index in [1.54, 1.807) is 23.7 Å². The molecule has 0 saturated carbocycles. The minimum absolute atomic E-state index is 0.0410. The van der Waals surface area contributed by atoms with Gasteiger partial charge in [-0.05, 0) is 6.42 Å². The van der Waals surface area contributed by atoms with Crippen molar-refractivity contribution in [2.24, 2.45) is 19.2 Å². The molecule has 0 aliphatic heterocycles. The number of aromatic nitrogens is 4. The Morgan fingerprint density at radius 3 is 2.71 bits per heavy atom. The summed E-state index contributed by atoms with van der Waals surface area (Å²) in [4.78, 5) is 39.4. The van der Waals surface area contributed by atoms with Crippen LogP contribution in [0, 0.1) is 10.1 Å². The quantitative estimate of drug-likeness (QED) is 0.385.